The topological polar surface area (TPSA) is 51.0 Å². The molecule has 9 heteroatoms. The van der Waals surface area contributed by atoms with Crippen LogP contribution >= 0.6 is 12.4 Å². The van der Waals surface area contributed by atoms with E-state index in [0.29, 0.717) is 0 Å². The van der Waals surface area contributed by atoms with E-state index >= 15 is 0 Å². The summed E-state index contributed by atoms with van der Waals surface area (Å²) in [5, 5.41) is 6.54. The van der Waals surface area contributed by atoms with Gasteiger partial charge in [-0.1, -0.05) is 17.3 Å². The zero-order chi connectivity index (χ0) is 15.0. The molecular formula is C13H12ClF4N3O. The quantitative estimate of drug-likeness (QED) is 0.851. The minimum absolute atomic E-state index is 0. The molecule has 1 aliphatic rings. The number of halogens is 5. The third-order valence-corrected chi connectivity index (χ3v) is 3.27. The summed E-state index contributed by atoms with van der Waals surface area (Å²) in [6, 6.07) is 4.27. The van der Waals surface area contributed by atoms with E-state index in [4.69, 9.17) is 4.52 Å². The number of nitrogens with one attached hydrogen (secondary N) is 1. The van der Waals surface area contributed by atoms with Gasteiger partial charge in [-0.05, 0) is 12.1 Å². The molecule has 0 unspecified atom stereocenters. The van der Waals surface area contributed by atoms with Crippen LogP contribution in [0.3, 0.4) is 0 Å². The number of hydrogen-bond acceptors (Lipinski definition) is 4. The fourth-order valence-corrected chi connectivity index (χ4v) is 2.21. The summed E-state index contributed by atoms with van der Waals surface area (Å²) < 4.78 is 56.1. The number of benzene rings is 1. The van der Waals surface area contributed by atoms with Crippen LogP contribution in [-0.2, 0) is 6.18 Å². The monoisotopic (exact) mass is 337 g/mol. The van der Waals surface area contributed by atoms with Gasteiger partial charge in [0.2, 0.25) is 11.7 Å². The zero-order valence-corrected chi connectivity index (χ0v) is 11.9. The molecule has 1 fully saturated rings. The summed E-state index contributed by atoms with van der Waals surface area (Å²) >= 11 is 0. The van der Waals surface area contributed by atoms with E-state index in [2.05, 4.69) is 15.5 Å². The molecule has 4 nitrogen and oxygen atoms in total. The Morgan fingerprint density at radius 1 is 1.27 bits per heavy atom. The lowest BCUT2D eigenvalue weighted by atomic mass is 10.1. The highest BCUT2D eigenvalue weighted by Gasteiger charge is 2.32. The van der Waals surface area contributed by atoms with E-state index in [1.807, 2.05) is 0 Å². The van der Waals surface area contributed by atoms with Gasteiger partial charge in [0.15, 0.2) is 0 Å². The van der Waals surface area contributed by atoms with Crippen molar-refractivity contribution >= 4 is 12.4 Å². The summed E-state index contributed by atoms with van der Waals surface area (Å²) in [6.45, 7) is 0.200. The Hall–Kier alpha value is -1.67. The molecule has 3 rings (SSSR count). The van der Waals surface area contributed by atoms with E-state index in [1.165, 1.54) is 12.1 Å². The Kier molecular flexibility index (Phi) is 4.72. The van der Waals surface area contributed by atoms with Gasteiger partial charge in [0.1, 0.15) is 6.17 Å². The van der Waals surface area contributed by atoms with Crippen molar-refractivity contribution in [1.29, 1.82) is 0 Å². The Morgan fingerprint density at radius 2 is 2.05 bits per heavy atom. The molecule has 0 amide bonds. The van der Waals surface area contributed by atoms with Gasteiger partial charge < -0.3 is 9.84 Å². The highest BCUT2D eigenvalue weighted by molar-refractivity contribution is 5.85. The van der Waals surface area contributed by atoms with Crippen LogP contribution in [0.15, 0.2) is 28.8 Å². The van der Waals surface area contributed by atoms with Gasteiger partial charge in [-0.3, -0.25) is 0 Å². The number of nitrogens with zero attached hydrogens (tertiary/aromatic N) is 2. The van der Waals surface area contributed by atoms with Crippen molar-refractivity contribution in [1.82, 2.24) is 15.5 Å². The fraction of sp³-hybridized carbons (Fsp3) is 0.385. The second-order valence-corrected chi connectivity index (χ2v) is 4.83. The minimum Gasteiger partial charge on any atom is -0.337 e. The Balaban J connectivity index is 0.00000176. The first kappa shape index (κ1) is 16.7. The molecule has 0 saturated carbocycles. The van der Waals surface area contributed by atoms with Gasteiger partial charge in [0.05, 0.1) is 11.6 Å². The normalized spacial score (nSPS) is 21.6. The smallest absolute Gasteiger partial charge is 0.337 e. The molecule has 1 aromatic heterocycles. The lowest BCUT2D eigenvalue weighted by molar-refractivity contribution is -0.137. The zero-order valence-electron chi connectivity index (χ0n) is 11.1. The maximum atomic E-state index is 13.1. The lowest BCUT2D eigenvalue weighted by Gasteiger charge is -2.06. The SMILES string of the molecule is Cl.F[C@@H]1CN[C@@H](c2nc(-c3cccc(C(F)(F)F)c3)no2)C1. The summed E-state index contributed by atoms with van der Waals surface area (Å²) in [5.74, 6) is 0.239. The molecular weight excluding hydrogens is 326 g/mol. The van der Waals surface area contributed by atoms with E-state index in [1.54, 1.807) is 0 Å². The van der Waals surface area contributed by atoms with Crippen molar-refractivity contribution in [2.45, 2.75) is 24.8 Å². The molecule has 0 radical (unpaired) electrons. The molecule has 2 heterocycles. The second-order valence-electron chi connectivity index (χ2n) is 4.83. The highest BCUT2D eigenvalue weighted by Crippen LogP contribution is 2.32. The molecule has 2 aromatic rings. The minimum atomic E-state index is -4.43. The van der Waals surface area contributed by atoms with Crippen LogP contribution in [0.1, 0.15) is 23.9 Å². The summed E-state index contributed by atoms with van der Waals surface area (Å²) in [7, 11) is 0. The van der Waals surface area contributed by atoms with Gasteiger partial charge in [-0.2, -0.15) is 18.2 Å². The van der Waals surface area contributed by atoms with Crippen molar-refractivity contribution in [3.05, 3.63) is 35.7 Å². The fourth-order valence-electron chi connectivity index (χ4n) is 2.21. The van der Waals surface area contributed by atoms with E-state index < -0.39 is 24.0 Å². The van der Waals surface area contributed by atoms with Crippen molar-refractivity contribution in [2.24, 2.45) is 0 Å². The second kappa shape index (κ2) is 6.21. The summed E-state index contributed by atoms with van der Waals surface area (Å²) in [6.07, 6.45) is -5.21. The Morgan fingerprint density at radius 3 is 2.68 bits per heavy atom. The van der Waals surface area contributed by atoms with Crippen molar-refractivity contribution in [3.8, 4) is 11.4 Å². The third kappa shape index (κ3) is 3.38. The van der Waals surface area contributed by atoms with Crippen LogP contribution < -0.4 is 5.32 Å². The van der Waals surface area contributed by atoms with Gasteiger partial charge in [0, 0.05) is 18.5 Å². The molecule has 1 N–H and O–H groups in total. The maximum absolute atomic E-state index is 13.1. The predicted octanol–water partition coefficient (Wildman–Crippen LogP) is 3.55. The molecule has 120 valence electrons. The van der Waals surface area contributed by atoms with Gasteiger partial charge in [-0.25, -0.2) is 4.39 Å². The first-order valence-corrected chi connectivity index (χ1v) is 6.32. The van der Waals surface area contributed by atoms with Crippen LogP contribution in [0, 0.1) is 0 Å². The maximum Gasteiger partial charge on any atom is 0.416 e. The van der Waals surface area contributed by atoms with Crippen LogP contribution in [0.5, 0.6) is 0 Å². The summed E-state index contributed by atoms with van der Waals surface area (Å²) in [4.78, 5) is 4.05. The standard InChI is InChI=1S/C13H11F4N3O.ClH/c14-9-5-10(18-6-9)12-19-11(20-21-12)7-2-1-3-8(4-7)13(15,16)17;/h1-4,9-10,18H,5-6H2;1H/t9-,10+;/m0./s1. The first-order valence-electron chi connectivity index (χ1n) is 6.32. The molecule has 1 aromatic carbocycles. The molecule has 0 bridgehead atoms. The molecule has 22 heavy (non-hydrogen) atoms. The van der Waals surface area contributed by atoms with E-state index in [9.17, 15) is 17.6 Å². The van der Waals surface area contributed by atoms with Gasteiger partial charge >= 0.3 is 6.18 Å². The molecule has 0 aliphatic carbocycles. The Bertz CT molecular complexity index is 646. The molecule has 1 saturated heterocycles. The number of alkyl halides is 4. The van der Waals surface area contributed by atoms with Gasteiger partial charge in [0.25, 0.3) is 0 Å². The number of aromatic nitrogens is 2. The third-order valence-electron chi connectivity index (χ3n) is 3.27. The highest BCUT2D eigenvalue weighted by atomic mass is 35.5. The number of rotatable bonds is 2. The van der Waals surface area contributed by atoms with Crippen LogP contribution in [-0.4, -0.2) is 22.9 Å². The van der Waals surface area contributed by atoms with Crippen molar-refractivity contribution < 1.29 is 22.1 Å². The molecule has 0 spiro atoms. The van der Waals surface area contributed by atoms with Crippen LogP contribution in [0.2, 0.25) is 0 Å². The van der Waals surface area contributed by atoms with Crippen molar-refractivity contribution in [3.63, 3.8) is 0 Å². The summed E-state index contributed by atoms with van der Waals surface area (Å²) in [5.41, 5.74) is -0.580. The largest absolute Gasteiger partial charge is 0.416 e. The average molecular weight is 338 g/mol. The number of hydrogen-bond donors (Lipinski definition) is 1. The first-order chi connectivity index (χ1) is 9.93. The van der Waals surface area contributed by atoms with E-state index in [0.717, 1.165) is 12.1 Å². The van der Waals surface area contributed by atoms with Gasteiger partial charge in [-0.15, -0.1) is 12.4 Å². The Labute approximate surface area is 129 Å². The van der Waals surface area contributed by atoms with E-state index in [-0.39, 0.29) is 42.7 Å². The lowest BCUT2D eigenvalue weighted by Crippen LogP contribution is -2.14. The molecule has 2 atom stereocenters. The average Bonchev–Trinajstić information content (AvgIpc) is 3.06. The van der Waals surface area contributed by atoms with Crippen LogP contribution in [0.25, 0.3) is 11.4 Å². The predicted molar refractivity (Wildman–Crippen MR) is 72.2 cm³/mol. The van der Waals surface area contributed by atoms with Crippen molar-refractivity contribution in [2.75, 3.05) is 6.54 Å². The van der Waals surface area contributed by atoms with Crippen LogP contribution in [0.4, 0.5) is 17.6 Å². The molecule has 1 aliphatic heterocycles.